The van der Waals surface area contributed by atoms with Crippen LogP contribution in [0.1, 0.15) is 5.56 Å². The van der Waals surface area contributed by atoms with E-state index in [1.165, 1.54) is 5.56 Å². The van der Waals surface area contributed by atoms with Crippen LogP contribution in [0.3, 0.4) is 0 Å². The SMILES string of the molecule is CNCc1cc(Br)ccc1Br.Cl. The van der Waals surface area contributed by atoms with E-state index in [1.54, 1.807) is 0 Å². The van der Waals surface area contributed by atoms with Crippen LogP contribution in [0.5, 0.6) is 0 Å². The van der Waals surface area contributed by atoms with Crippen LogP contribution in [-0.4, -0.2) is 7.05 Å². The van der Waals surface area contributed by atoms with Crippen molar-refractivity contribution in [3.8, 4) is 0 Å². The maximum atomic E-state index is 3.47. The summed E-state index contributed by atoms with van der Waals surface area (Å²) in [6, 6.07) is 6.15. The highest BCUT2D eigenvalue weighted by atomic mass is 79.9. The highest BCUT2D eigenvalue weighted by molar-refractivity contribution is 9.11. The van der Waals surface area contributed by atoms with Crippen molar-refractivity contribution in [1.29, 1.82) is 0 Å². The smallest absolute Gasteiger partial charge is 0.0221 e. The number of halogens is 3. The first kappa shape index (κ1) is 12.4. The van der Waals surface area contributed by atoms with E-state index in [0.29, 0.717) is 0 Å². The van der Waals surface area contributed by atoms with Crippen LogP contribution < -0.4 is 5.32 Å². The Morgan fingerprint density at radius 1 is 1.33 bits per heavy atom. The van der Waals surface area contributed by atoms with Gasteiger partial charge in [0.05, 0.1) is 0 Å². The third-order valence-corrected chi connectivity index (χ3v) is 2.64. The van der Waals surface area contributed by atoms with Crippen LogP contribution in [0, 0.1) is 0 Å². The minimum atomic E-state index is 0. The molecule has 0 spiro atoms. The van der Waals surface area contributed by atoms with Crippen molar-refractivity contribution in [2.24, 2.45) is 0 Å². The summed E-state index contributed by atoms with van der Waals surface area (Å²) in [5.41, 5.74) is 1.27. The molecule has 0 aliphatic rings. The van der Waals surface area contributed by atoms with Gasteiger partial charge < -0.3 is 5.32 Å². The zero-order valence-corrected chi connectivity index (χ0v) is 10.6. The molecule has 0 aliphatic heterocycles. The third kappa shape index (κ3) is 3.44. The Labute approximate surface area is 95.6 Å². The Morgan fingerprint density at radius 3 is 2.58 bits per heavy atom. The molecule has 1 aromatic carbocycles. The number of hydrogen-bond acceptors (Lipinski definition) is 1. The maximum absolute atomic E-state index is 3.47. The molecule has 1 nitrogen and oxygen atoms in total. The van der Waals surface area contributed by atoms with Gasteiger partial charge in [0.2, 0.25) is 0 Å². The van der Waals surface area contributed by atoms with Crippen molar-refractivity contribution >= 4 is 44.3 Å². The number of benzene rings is 1. The van der Waals surface area contributed by atoms with Gasteiger partial charge in [0.1, 0.15) is 0 Å². The summed E-state index contributed by atoms with van der Waals surface area (Å²) < 4.78 is 2.26. The van der Waals surface area contributed by atoms with E-state index < -0.39 is 0 Å². The summed E-state index contributed by atoms with van der Waals surface area (Å²) in [6.45, 7) is 0.889. The van der Waals surface area contributed by atoms with Crippen molar-refractivity contribution in [3.63, 3.8) is 0 Å². The lowest BCUT2D eigenvalue weighted by Gasteiger charge is -2.03. The molecule has 68 valence electrons. The molecule has 1 rings (SSSR count). The predicted molar refractivity (Wildman–Crippen MR) is 61.9 cm³/mol. The molecule has 0 unspecified atom stereocenters. The summed E-state index contributed by atoms with van der Waals surface area (Å²) in [7, 11) is 1.94. The molecule has 0 fully saturated rings. The van der Waals surface area contributed by atoms with Gasteiger partial charge in [0.15, 0.2) is 0 Å². The Morgan fingerprint density at radius 2 is 2.00 bits per heavy atom. The van der Waals surface area contributed by atoms with E-state index in [0.717, 1.165) is 15.5 Å². The van der Waals surface area contributed by atoms with Gasteiger partial charge in [-0.2, -0.15) is 0 Å². The minimum absolute atomic E-state index is 0. The molecule has 1 N–H and O–H groups in total. The lowest BCUT2D eigenvalue weighted by atomic mass is 10.2. The van der Waals surface area contributed by atoms with Crippen LogP contribution in [-0.2, 0) is 6.54 Å². The molecule has 0 saturated heterocycles. The van der Waals surface area contributed by atoms with Crippen LogP contribution in [0.2, 0.25) is 0 Å². The van der Waals surface area contributed by atoms with Gasteiger partial charge in [-0.05, 0) is 30.8 Å². The highest BCUT2D eigenvalue weighted by Crippen LogP contribution is 2.20. The van der Waals surface area contributed by atoms with Gasteiger partial charge in [-0.25, -0.2) is 0 Å². The van der Waals surface area contributed by atoms with Crippen molar-refractivity contribution in [2.75, 3.05) is 7.05 Å². The van der Waals surface area contributed by atoms with Gasteiger partial charge in [-0.1, -0.05) is 31.9 Å². The topological polar surface area (TPSA) is 12.0 Å². The molecule has 0 amide bonds. The summed E-state index contributed by atoms with van der Waals surface area (Å²) in [4.78, 5) is 0. The predicted octanol–water partition coefficient (Wildman–Crippen LogP) is 3.35. The number of nitrogens with one attached hydrogen (secondary N) is 1. The lowest BCUT2D eigenvalue weighted by molar-refractivity contribution is 0.814. The van der Waals surface area contributed by atoms with Crippen LogP contribution >= 0.6 is 44.3 Å². The van der Waals surface area contributed by atoms with E-state index in [4.69, 9.17) is 0 Å². The largest absolute Gasteiger partial charge is 0.316 e. The van der Waals surface area contributed by atoms with Gasteiger partial charge in [0.25, 0.3) is 0 Å². The van der Waals surface area contributed by atoms with Gasteiger partial charge in [0, 0.05) is 15.5 Å². The van der Waals surface area contributed by atoms with Gasteiger partial charge >= 0.3 is 0 Å². The maximum Gasteiger partial charge on any atom is 0.0221 e. The highest BCUT2D eigenvalue weighted by Gasteiger charge is 1.97. The number of hydrogen-bond donors (Lipinski definition) is 1. The minimum Gasteiger partial charge on any atom is -0.316 e. The van der Waals surface area contributed by atoms with Gasteiger partial charge in [-0.3, -0.25) is 0 Å². The van der Waals surface area contributed by atoms with Crippen LogP contribution in [0.15, 0.2) is 27.1 Å². The zero-order chi connectivity index (χ0) is 8.27. The first-order chi connectivity index (χ1) is 5.24. The molecule has 0 bridgehead atoms. The van der Waals surface area contributed by atoms with Crippen molar-refractivity contribution < 1.29 is 0 Å². The average Bonchev–Trinajstić information content (AvgIpc) is 1.98. The standard InChI is InChI=1S/C8H9Br2N.ClH/c1-11-5-6-4-7(9)2-3-8(6)10;/h2-4,11H,5H2,1H3;1H. The van der Waals surface area contributed by atoms with Crippen molar-refractivity contribution in [3.05, 3.63) is 32.7 Å². The average molecular weight is 315 g/mol. The fraction of sp³-hybridized carbons (Fsp3) is 0.250. The Kier molecular flexibility index (Phi) is 6.19. The number of rotatable bonds is 2. The Bertz CT molecular complexity index is 253. The fourth-order valence-corrected chi connectivity index (χ4v) is 1.66. The first-order valence-corrected chi connectivity index (χ1v) is 4.91. The van der Waals surface area contributed by atoms with E-state index in [-0.39, 0.29) is 12.4 Å². The summed E-state index contributed by atoms with van der Waals surface area (Å²) >= 11 is 6.89. The summed E-state index contributed by atoms with van der Waals surface area (Å²) in [5, 5.41) is 3.10. The molecule has 0 aromatic heterocycles. The van der Waals surface area contributed by atoms with E-state index in [1.807, 2.05) is 19.2 Å². The van der Waals surface area contributed by atoms with E-state index in [9.17, 15) is 0 Å². The van der Waals surface area contributed by atoms with E-state index >= 15 is 0 Å². The molecular formula is C8H10Br2ClN. The van der Waals surface area contributed by atoms with E-state index in [2.05, 4.69) is 43.2 Å². The molecule has 0 aliphatic carbocycles. The summed E-state index contributed by atoms with van der Waals surface area (Å²) in [5.74, 6) is 0. The second-order valence-electron chi connectivity index (χ2n) is 2.27. The third-order valence-electron chi connectivity index (χ3n) is 1.37. The van der Waals surface area contributed by atoms with Crippen molar-refractivity contribution in [2.45, 2.75) is 6.54 Å². The molecule has 1 aromatic rings. The van der Waals surface area contributed by atoms with Crippen LogP contribution in [0.4, 0.5) is 0 Å². The Balaban J connectivity index is 0.00000121. The Hall–Kier alpha value is 0.430. The molecule has 0 heterocycles. The normalized spacial score (nSPS) is 9.25. The molecule has 12 heavy (non-hydrogen) atoms. The molecule has 0 atom stereocenters. The summed E-state index contributed by atoms with van der Waals surface area (Å²) in [6.07, 6.45) is 0. The van der Waals surface area contributed by atoms with Crippen molar-refractivity contribution in [1.82, 2.24) is 5.32 Å². The zero-order valence-electron chi connectivity index (χ0n) is 6.60. The molecule has 0 radical (unpaired) electrons. The lowest BCUT2D eigenvalue weighted by Crippen LogP contribution is -2.05. The monoisotopic (exact) mass is 313 g/mol. The second kappa shape index (κ2) is 5.97. The van der Waals surface area contributed by atoms with Gasteiger partial charge in [-0.15, -0.1) is 12.4 Å². The fourth-order valence-electron chi connectivity index (χ4n) is 0.869. The first-order valence-electron chi connectivity index (χ1n) is 3.32. The quantitative estimate of drug-likeness (QED) is 0.882. The van der Waals surface area contributed by atoms with Crippen LogP contribution in [0.25, 0.3) is 0 Å². The molecular weight excluding hydrogens is 305 g/mol. The second-order valence-corrected chi connectivity index (χ2v) is 4.04. The molecule has 4 heteroatoms. The molecule has 0 saturated carbocycles.